The molecule has 0 amide bonds. The Labute approximate surface area is 435 Å². The number of hydrogen-bond acceptors (Lipinski definition) is 1. The Kier molecular flexibility index (Phi) is 18.3. The summed E-state index contributed by atoms with van der Waals surface area (Å²) < 4.78 is 0. The van der Waals surface area contributed by atoms with E-state index in [9.17, 15) is 0 Å². The zero-order valence-electron chi connectivity index (χ0n) is 49.1. The Hall–Kier alpha value is -3.10. The van der Waals surface area contributed by atoms with Gasteiger partial charge in [-0.05, 0) is 88.7 Å². The van der Waals surface area contributed by atoms with Crippen LogP contribution in [-0.4, -0.2) is 38.1 Å². The molecule has 0 heterocycles. The Balaban J connectivity index is 1.95. The van der Waals surface area contributed by atoms with Crippen LogP contribution in [0.2, 0.25) is 66.5 Å². The van der Waals surface area contributed by atoms with Crippen LogP contribution in [0, 0.1) is 0 Å². The molecule has 0 radical (unpaired) electrons. The summed E-state index contributed by atoms with van der Waals surface area (Å²) in [5.41, 5.74) is 15.3. The zero-order valence-corrected chi connectivity index (χ0v) is 53.1. The van der Waals surface area contributed by atoms with Gasteiger partial charge in [-0.15, -0.1) is 0 Å². The molecular formula is C65H100OSi4. The Morgan fingerprint density at radius 1 is 0.214 bits per heavy atom. The summed E-state index contributed by atoms with van der Waals surface area (Å²) in [7, 11) is -7.77. The number of Topliss-reactive ketones (excluding diaryl/α,β-unsaturated/α-hetero) is 1. The molecule has 0 saturated carbocycles. The highest BCUT2D eigenvalue weighted by Gasteiger charge is 2.48. The Bertz CT molecular complexity index is 2190. The highest BCUT2D eigenvalue weighted by atomic mass is 28.3. The number of hydrogen-bond donors (Lipinski definition) is 0. The van der Waals surface area contributed by atoms with E-state index in [0.29, 0.717) is 66.5 Å². The molecule has 0 aliphatic heterocycles. The summed E-state index contributed by atoms with van der Waals surface area (Å²) in [5.74, 6) is 0.143. The van der Waals surface area contributed by atoms with Gasteiger partial charge in [0.1, 0.15) is 0 Å². The minimum Gasteiger partial charge on any atom is -0.289 e. The van der Waals surface area contributed by atoms with Gasteiger partial charge >= 0.3 is 0 Å². The van der Waals surface area contributed by atoms with E-state index >= 15 is 4.79 Å². The van der Waals surface area contributed by atoms with Gasteiger partial charge in [-0.1, -0.05) is 284 Å². The number of ketones is 1. The molecule has 0 atom stereocenters. The van der Waals surface area contributed by atoms with Crippen molar-refractivity contribution in [3.63, 3.8) is 0 Å². The molecule has 0 saturated heterocycles. The minimum absolute atomic E-state index is 0.143. The zero-order chi connectivity index (χ0) is 52.7. The van der Waals surface area contributed by atoms with E-state index in [1.807, 2.05) is 0 Å². The normalized spacial score (nSPS) is 14.9. The quantitative estimate of drug-likeness (QED) is 0.0807. The lowest BCUT2D eigenvalue weighted by Gasteiger charge is -2.44. The van der Waals surface area contributed by atoms with Crippen molar-refractivity contribution < 1.29 is 4.79 Å². The van der Waals surface area contributed by atoms with Gasteiger partial charge in [0.2, 0.25) is 0 Å². The van der Waals surface area contributed by atoms with Crippen LogP contribution in [0.15, 0.2) is 97.1 Å². The van der Waals surface area contributed by atoms with Crippen molar-refractivity contribution in [3.8, 4) is 0 Å². The van der Waals surface area contributed by atoms with Crippen LogP contribution < -0.4 is 20.7 Å². The van der Waals surface area contributed by atoms with Gasteiger partial charge in [-0.25, -0.2) is 0 Å². The molecule has 0 N–H and O–H groups in total. The molecular weight excluding hydrogens is 909 g/mol. The number of allylic oxidation sites excluding steroid dienone is 4. The Morgan fingerprint density at radius 2 is 0.343 bits per heavy atom. The first-order valence-corrected chi connectivity index (χ1v) is 37.0. The monoisotopic (exact) mass is 1010 g/mol. The molecule has 4 aromatic carbocycles. The van der Waals surface area contributed by atoms with Crippen molar-refractivity contribution in [2.75, 3.05) is 0 Å². The van der Waals surface area contributed by atoms with Gasteiger partial charge < -0.3 is 0 Å². The van der Waals surface area contributed by atoms with Gasteiger partial charge in [0.05, 0.1) is 32.3 Å². The van der Waals surface area contributed by atoms with Gasteiger partial charge in [-0.2, -0.15) is 0 Å². The summed E-state index contributed by atoms with van der Waals surface area (Å²) in [4.78, 5) is 16.2. The molecule has 5 heteroatoms. The molecule has 70 heavy (non-hydrogen) atoms. The van der Waals surface area contributed by atoms with Gasteiger partial charge in [0.25, 0.3) is 0 Å². The fraction of sp³-hybridized carbons (Fsp3) is 0.554. The van der Waals surface area contributed by atoms with Crippen LogP contribution in [0.4, 0.5) is 0 Å². The van der Waals surface area contributed by atoms with E-state index < -0.39 is 32.3 Å². The maximum absolute atomic E-state index is 16.2. The van der Waals surface area contributed by atoms with E-state index in [1.54, 1.807) is 0 Å². The first-order chi connectivity index (χ1) is 32.6. The second-order valence-electron chi connectivity index (χ2n) is 25.7. The van der Waals surface area contributed by atoms with Crippen LogP contribution in [0.3, 0.4) is 0 Å². The molecule has 0 bridgehead atoms. The third-order valence-corrected chi connectivity index (χ3v) is 47.6. The van der Waals surface area contributed by atoms with Crippen LogP contribution in [0.1, 0.15) is 188 Å². The van der Waals surface area contributed by atoms with E-state index in [-0.39, 0.29) is 5.78 Å². The summed E-state index contributed by atoms with van der Waals surface area (Å²) in [6.07, 6.45) is 0. The second kappa shape index (κ2) is 22.2. The second-order valence-corrected chi connectivity index (χ2v) is 49.4. The maximum atomic E-state index is 16.2. The molecule has 0 unspecified atom stereocenters. The standard InChI is InChI=1S/C65H100OSi4/c1-41(2)67(42(3)4,43(5)6)57-33-25-53(26-34-57)61-62(54-27-35-58(36-28-54)68(44(7)8,45(9)10)46(11)12)64(56-31-39-60(40-32-56)70(50(19)20,51(21)22)52(23)24)65(66)63(61)55-29-37-59(38-30-55)69(47(13)14,48(15)16)49(17)18/h25-52H,1-24H3. The van der Waals surface area contributed by atoms with Crippen molar-refractivity contribution >= 4 is 81.1 Å². The van der Waals surface area contributed by atoms with E-state index in [4.69, 9.17) is 0 Å². The summed E-state index contributed by atoms with van der Waals surface area (Å²) in [6, 6.07) is 38.5. The predicted octanol–water partition coefficient (Wildman–Crippen LogP) is 18.3. The van der Waals surface area contributed by atoms with Crippen LogP contribution >= 0.6 is 0 Å². The van der Waals surface area contributed by atoms with Crippen molar-refractivity contribution in [1.29, 1.82) is 0 Å². The van der Waals surface area contributed by atoms with Gasteiger partial charge in [-0.3, -0.25) is 4.79 Å². The summed E-state index contributed by atoms with van der Waals surface area (Å²) >= 11 is 0. The third-order valence-electron chi connectivity index (χ3n) is 19.4. The lowest BCUT2D eigenvalue weighted by Crippen LogP contribution is -2.55. The van der Waals surface area contributed by atoms with Crippen molar-refractivity contribution in [1.82, 2.24) is 0 Å². The smallest absolute Gasteiger partial charge is 0.195 e. The van der Waals surface area contributed by atoms with E-state index in [0.717, 1.165) is 44.5 Å². The number of carbonyl (C=O) groups is 1. The number of benzene rings is 4. The number of rotatable bonds is 20. The van der Waals surface area contributed by atoms with Crippen molar-refractivity contribution in [3.05, 3.63) is 119 Å². The van der Waals surface area contributed by atoms with Crippen LogP contribution in [0.25, 0.3) is 22.3 Å². The molecule has 1 aliphatic rings. The number of carbonyl (C=O) groups excluding carboxylic acids is 1. The van der Waals surface area contributed by atoms with Gasteiger partial charge in [0, 0.05) is 22.3 Å². The molecule has 1 nitrogen and oxygen atoms in total. The topological polar surface area (TPSA) is 17.1 Å². The van der Waals surface area contributed by atoms with Crippen LogP contribution in [-0.2, 0) is 4.79 Å². The largest absolute Gasteiger partial charge is 0.289 e. The van der Waals surface area contributed by atoms with Crippen molar-refractivity contribution in [2.45, 2.75) is 233 Å². The predicted molar refractivity (Wildman–Crippen MR) is 327 cm³/mol. The SMILES string of the molecule is CC(C)[Si](c1ccc(C2=C(c3ccc([Si](C(C)C)(C(C)C)C(C)C)cc3)C(c3ccc([Si](C(C)C)(C(C)C)C(C)C)cc3)=C(c3ccc([Si](C(C)C)(C(C)C)C(C)C)cc3)C2=O)cc1)(C(C)C)C(C)C. The first-order valence-electron chi connectivity index (χ1n) is 28.1. The Morgan fingerprint density at radius 3 is 0.471 bits per heavy atom. The fourth-order valence-corrected chi connectivity index (χ4v) is 44.4. The molecule has 0 aromatic heterocycles. The van der Waals surface area contributed by atoms with Crippen molar-refractivity contribution in [2.24, 2.45) is 0 Å². The lowest BCUT2D eigenvalue weighted by atomic mass is 9.89. The minimum atomic E-state index is -1.94. The average Bonchev–Trinajstić information content (AvgIpc) is 3.56. The molecule has 382 valence electrons. The molecule has 4 aromatic rings. The van der Waals surface area contributed by atoms with E-state index in [1.165, 1.54) is 20.7 Å². The molecule has 0 fully saturated rings. The average molecular weight is 1010 g/mol. The highest BCUT2D eigenvalue weighted by molar-refractivity contribution is 6.96. The van der Waals surface area contributed by atoms with E-state index in [2.05, 4.69) is 263 Å². The third kappa shape index (κ3) is 9.29. The lowest BCUT2D eigenvalue weighted by molar-refractivity contribution is -0.108. The van der Waals surface area contributed by atoms with Crippen LogP contribution in [0.5, 0.6) is 0 Å². The van der Waals surface area contributed by atoms with Gasteiger partial charge in [0.15, 0.2) is 5.78 Å². The first kappa shape index (κ1) is 57.8. The fourth-order valence-electron chi connectivity index (χ4n) is 17.4. The maximum Gasteiger partial charge on any atom is 0.195 e. The summed E-state index contributed by atoms with van der Waals surface area (Å²) in [6.45, 7) is 58.9. The molecule has 0 spiro atoms. The molecule has 5 rings (SSSR count). The highest BCUT2D eigenvalue weighted by Crippen LogP contribution is 2.52. The summed E-state index contributed by atoms with van der Waals surface area (Å²) in [5, 5.41) is 6.07. The molecule has 1 aliphatic carbocycles.